The third kappa shape index (κ3) is 3.02. The molecular formula is C20H17N3O2. The number of hydrogen-bond acceptors (Lipinski definition) is 4. The van der Waals surface area contributed by atoms with Crippen LogP contribution in [0.2, 0.25) is 0 Å². The molecule has 25 heavy (non-hydrogen) atoms. The summed E-state index contributed by atoms with van der Waals surface area (Å²) in [4.78, 5) is 12.7. The van der Waals surface area contributed by atoms with Crippen LogP contribution in [-0.2, 0) is 0 Å². The minimum absolute atomic E-state index is 0.0292. The van der Waals surface area contributed by atoms with Gasteiger partial charge in [-0.25, -0.2) is 4.68 Å². The third-order valence-electron chi connectivity index (χ3n) is 3.99. The molecule has 0 unspecified atom stereocenters. The normalized spacial score (nSPS) is 11.4. The molecule has 5 nitrogen and oxygen atoms in total. The molecule has 0 radical (unpaired) electrons. The van der Waals surface area contributed by atoms with E-state index in [1.807, 2.05) is 49.4 Å². The largest absolute Gasteiger partial charge is 0.496 e. The third-order valence-corrected chi connectivity index (χ3v) is 3.99. The summed E-state index contributed by atoms with van der Waals surface area (Å²) in [5.41, 5.74) is 2.24. The number of benzene rings is 2. The van der Waals surface area contributed by atoms with Crippen molar-refractivity contribution >= 4 is 22.8 Å². The molecule has 0 bridgehead atoms. The van der Waals surface area contributed by atoms with Crippen molar-refractivity contribution in [1.29, 1.82) is 5.26 Å². The van der Waals surface area contributed by atoms with Gasteiger partial charge < -0.3 is 4.74 Å². The van der Waals surface area contributed by atoms with E-state index in [4.69, 9.17) is 4.74 Å². The number of nitrogens with zero attached hydrogens (tertiary/aromatic N) is 3. The van der Waals surface area contributed by atoms with Crippen molar-refractivity contribution in [2.45, 2.75) is 13.8 Å². The summed E-state index contributed by atoms with van der Waals surface area (Å²) in [7, 11) is 1.62. The second-order valence-electron chi connectivity index (χ2n) is 5.72. The molecule has 0 amide bonds. The van der Waals surface area contributed by atoms with Crippen molar-refractivity contribution in [3.05, 3.63) is 65.0 Å². The second kappa shape index (κ2) is 6.62. The Morgan fingerprint density at radius 1 is 1.20 bits per heavy atom. The maximum Gasteiger partial charge on any atom is 0.289 e. The van der Waals surface area contributed by atoms with Gasteiger partial charge in [-0.2, -0.15) is 10.4 Å². The van der Waals surface area contributed by atoms with Gasteiger partial charge in [-0.05, 0) is 43.0 Å². The van der Waals surface area contributed by atoms with Crippen LogP contribution in [0.4, 0.5) is 0 Å². The lowest BCUT2D eigenvalue weighted by Crippen LogP contribution is -2.15. The van der Waals surface area contributed by atoms with Gasteiger partial charge in [0.1, 0.15) is 17.4 Å². The number of aromatic nitrogens is 2. The minimum Gasteiger partial charge on any atom is -0.496 e. The highest BCUT2D eigenvalue weighted by atomic mass is 16.5. The summed E-state index contributed by atoms with van der Waals surface area (Å²) < 4.78 is 6.64. The number of methoxy groups -OCH3 is 1. The molecule has 0 aliphatic heterocycles. The molecule has 1 aromatic heterocycles. The smallest absolute Gasteiger partial charge is 0.289 e. The van der Waals surface area contributed by atoms with Gasteiger partial charge in [0.15, 0.2) is 0 Å². The van der Waals surface area contributed by atoms with Crippen molar-refractivity contribution in [3.8, 4) is 11.8 Å². The molecule has 0 aliphatic rings. The quantitative estimate of drug-likeness (QED) is 0.539. The van der Waals surface area contributed by atoms with Crippen molar-refractivity contribution in [1.82, 2.24) is 9.78 Å². The van der Waals surface area contributed by atoms with Gasteiger partial charge >= 0.3 is 0 Å². The Labute approximate surface area is 145 Å². The fourth-order valence-corrected chi connectivity index (χ4v) is 2.84. The van der Waals surface area contributed by atoms with Gasteiger partial charge in [-0.3, -0.25) is 4.79 Å². The van der Waals surface area contributed by atoms with E-state index in [1.54, 1.807) is 26.2 Å². The molecule has 124 valence electrons. The number of rotatable bonds is 3. The number of fused-ring (bicyclic) bond motifs is 1. The first-order valence-corrected chi connectivity index (χ1v) is 7.80. The van der Waals surface area contributed by atoms with Crippen LogP contribution in [-0.4, -0.2) is 22.8 Å². The first kappa shape index (κ1) is 16.5. The van der Waals surface area contributed by atoms with Gasteiger partial charge in [-0.1, -0.05) is 30.3 Å². The molecule has 5 heteroatoms. The number of hydrogen-bond donors (Lipinski definition) is 0. The maximum absolute atomic E-state index is 12.7. The Balaban J connectivity index is 2.13. The van der Waals surface area contributed by atoms with Crippen molar-refractivity contribution in [3.63, 3.8) is 0 Å². The predicted molar refractivity (Wildman–Crippen MR) is 96.4 cm³/mol. The summed E-state index contributed by atoms with van der Waals surface area (Å²) in [6.07, 6.45) is 1.60. The lowest BCUT2D eigenvalue weighted by atomic mass is 10.0. The summed E-state index contributed by atoms with van der Waals surface area (Å²) in [6.45, 7) is 3.60. The SMILES string of the molecule is COc1ccc(/C=C(\C#N)C(=O)n2nc(C)cc2C)c2ccccc12. The lowest BCUT2D eigenvalue weighted by molar-refractivity contribution is 0.0944. The van der Waals surface area contributed by atoms with Gasteiger partial charge in [0.2, 0.25) is 0 Å². The summed E-state index contributed by atoms with van der Waals surface area (Å²) in [6, 6.07) is 15.2. The monoisotopic (exact) mass is 331 g/mol. The second-order valence-corrected chi connectivity index (χ2v) is 5.72. The highest BCUT2D eigenvalue weighted by Crippen LogP contribution is 2.29. The van der Waals surface area contributed by atoms with Crippen LogP contribution in [0.15, 0.2) is 48.0 Å². The fourth-order valence-electron chi connectivity index (χ4n) is 2.84. The maximum atomic E-state index is 12.7. The zero-order valence-corrected chi connectivity index (χ0v) is 14.3. The fraction of sp³-hybridized carbons (Fsp3) is 0.150. The molecule has 1 heterocycles. The highest BCUT2D eigenvalue weighted by Gasteiger charge is 2.16. The summed E-state index contributed by atoms with van der Waals surface area (Å²) >= 11 is 0. The average molecular weight is 331 g/mol. The Morgan fingerprint density at radius 2 is 1.92 bits per heavy atom. The van der Waals surface area contributed by atoms with Crippen LogP contribution in [0.3, 0.4) is 0 Å². The van der Waals surface area contributed by atoms with E-state index in [9.17, 15) is 10.1 Å². The van der Waals surface area contributed by atoms with Crippen LogP contribution < -0.4 is 4.74 Å². The van der Waals surface area contributed by atoms with Crippen molar-refractivity contribution in [2.75, 3.05) is 7.11 Å². The Hall–Kier alpha value is -3.39. The van der Waals surface area contributed by atoms with E-state index in [-0.39, 0.29) is 5.57 Å². The highest BCUT2D eigenvalue weighted by molar-refractivity contribution is 6.05. The molecule has 0 saturated carbocycles. The number of carbonyl (C=O) groups is 1. The van der Waals surface area contributed by atoms with E-state index < -0.39 is 5.91 Å². The lowest BCUT2D eigenvalue weighted by Gasteiger charge is -2.08. The summed E-state index contributed by atoms with van der Waals surface area (Å²) in [5, 5.41) is 15.5. The average Bonchev–Trinajstić information content (AvgIpc) is 2.97. The Morgan fingerprint density at radius 3 is 2.52 bits per heavy atom. The van der Waals surface area contributed by atoms with Gasteiger partial charge in [0.05, 0.1) is 12.8 Å². The molecule has 0 saturated heterocycles. The molecule has 3 aromatic rings. The predicted octanol–water partition coefficient (Wildman–Crippen LogP) is 3.91. The number of ether oxygens (including phenoxy) is 1. The van der Waals surface area contributed by atoms with Crippen LogP contribution in [0.5, 0.6) is 5.75 Å². The van der Waals surface area contributed by atoms with Crippen molar-refractivity contribution in [2.24, 2.45) is 0 Å². The molecule has 0 aliphatic carbocycles. The minimum atomic E-state index is -0.437. The zero-order chi connectivity index (χ0) is 18.0. The number of aryl methyl sites for hydroxylation is 2. The molecule has 2 aromatic carbocycles. The zero-order valence-electron chi connectivity index (χ0n) is 14.3. The van der Waals surface area contributed by atoms with Crippen molar-refractivity contribution < 1.29 is 9.53 Å². The van der Waals surface area contributed by atoms with Crippen LogP contribution in [0, 0.1) is 25.2 Å². The number of allylic oxidation sites excluding steroid dienone is 1. The van der Waals surface area contributed by atoms with E-state index >= 15 is 0 Å². The first-order valence-electron chi connectivity index (χ1n) is 7.80. The molecule has 0 fully saturated rings. The summed E-state index contributed by atoms with van der Waals surface area (Å²) in [5.74, 6) is 0.309. The molecule has 0 spiro atoms. The molecule has 0 atom stereocenters. The van der Waals surface area contributed by atoms with E-state index in [2.05, 4.69) is 5.10 Å². The molecule has 3 rings (SSSR count). The Bertz CT molecular complexity index is 1040. The van der Waals surface area contributed by atoms with Crippen LogP contribution in [0.1, 0.15) is 21.7 Å². The molecule has 0 N–H and O–H groups in total. The van der Waals surface area contributed by atoms with Gasteiger partial charge in [0.25, 0.3) is 5.91 Å². The van der Waals surface area contributed by atoms with E-state index in [1.165, 1.54) is 4.68 Å². The topological polar surface area (TPSA) is 67.9 Å². The first-order chi connectivity index (χ1) is 12.0. The molecular weight excluding hydrogens is 314 g/mol. The standard InChI is InChI=1S/C20H17N3O2/c1-13-10-14(2)23(22-13)20(24)16(12-21)11-15-8-9-19(25-3)18-7-5-4-6-17(15)18/h4-11H,1-3H3/b16-11+. The number of nitriles is 1. The van der Waals surface area contributed by atoms with E-state index in [0.29, 0.717) is 5.69 Å². The number of carbonyl (C=O) groups excluding carboxylic acids is 1. The van der Waals surface area contributed by atoms with Gasteiger partial charge in [-0.15, -0.1) is 0 Å². The van der Waals surface area contributed by atoms with Gasteiger partial charge in [0, 0.05) is 11.1 Å². The van der Waals surface area contributed by atoms with Crippen LogP contribution in [0.25, 0.3) is 16.8 Å². The van der Waals surface area contributed by atoms with E-state index in [0.717, 1.165) is 27.8 Å². The Kier molecular flexibility index (Phi) is 4.36. The van der Waals surface area contributed by atoms with Crippen LogP contribution >= 0.6 is 0 Å².